The van der Waals surface area contributed by atoms with Crippen LogP contribution in [0.25, 0.3) is 0 Å². The zero-order valence-electron chi connectivity index (χ0n) is 12.2. The number of hydrogen-bond acceptors (Lipinski definition) is 3. The fourth-order valence-electron chi connectivity index (χ4n) is 2.34. The van der Waals surface area contributed by atoms with E-state index in [9.17, 15) is 23.5 Å². The Hall–Kier alpha value is -1.40. The first kappa shape index (κ1) is 16.7. The molecule has 7 heteroatoms. The van der Waals surface area contributed by atoms with E-state index in [4.69, 9.17) is 4.74 Å². The first-order chi connectivity index (χ1) is 8.85. The zero-order valence-corrected chi connectivity index (χ0v) is 12.2. The molecule has 1 rings (SSSR count). The van der Waals surface area contributed by atoms with Crippen molar-refractivity contribution in [2.45, 2.75) is 52.1 Å². The number of ether oxygens (including phenoxy) is 1. The molecule has 0 bridgehead atoms. The van der Waals surface area contributed by atoms with Crippen molar-refractivity contribution < 1.29 is 28.2 Å². The normalized spacial score (nSPS) is 23.8. The number of alkyl halides is 2. The van der Waals surface area contributed by atoms with Gasteiger partial charge in [-0.15, -0.1) is 0 Å². The van der Waals surface area contributed by atoms with Crippen molar-refractivity contribution in [2.24, 2.45) is 5.41 Å². The summed E-state index contributed by atoms with van der Waals surface area (Å²) in [6, 6.07) is 0. The van der Waals surface area contributed by atoms with Crippen molar-refractivity contribution in [3.8, 4) is 0 Å². The van der Waals surface area contributed by atoms with E-state index in [2.05, 4.69) is 0 Å². The van der Waals surface area contributed by atoms with Gasteiger partial charge < -0.3 is 14.7 Å². The molecule has 0 aromatic heterocycles. The lowest BCUT2D eigenvalue weighted by Gasteiger charge is -2.28. The summed E-state index contributed by atoms with van der Waals surface area (Å²) in [6.45, 7) is 5.61. The van der Waals surface area contributed by atoms with Crippen LogP contribution in [0.1, 0.15) is 40.5 Å². The molecule has 0 saturated carbocycles. The van der Waals surface area contributed by atoms with Gasteiger partial charge in [0.15, 0.2) is 0 Å². The molecule has 0 aromatic rings. The largest absolute Gasteiger partial charge is 0.481 e. The van der Waals surface area contributed by atoms with Gasteiger partial charge >= 0.3 is 12.1 Å². The third kappa shape index (κ3) is 4.31. The molecule has 1 amide bonds. The number of likely N-dealkylation sites (tertiary alicyclic amines) is 1. The summed E-state index contributed by atoms with van der Waals surface area (Å²) in [7, 11) is 0. The minimum absolute atomic E-state index is 0.00497. The Morgan fingerprint density at radius 2 is 1.85 bits per heavy atom. The number of carbonyl (C=O) groups excluding carboxylic acids is 1. The molecule has 1 heterocycles. The van der Waals surface area contributed by atoms with Gasteiger partial charge in [-0.25, -0.2) is 13.6 Å². The second-order valence-corrected chi connectivity index (χ2v) is 6.48. The van der Waals surface area contributed by atoms with E-state index in [-0.39, 0.29) is 19.5 Å². The van der Waals surface area contributed by atoms with Crippen LogP contribution in [-0.4, -0.2) is 46.7 Å². The highest BCUT2D eigenvalue weighted by Gasteiger charge is 2.51. The van der Waals surface area contributed by atoms with Crippen molar-refractivity contribution in [1.29, 1.82) is 0 Å². The number of carboxylic acid groups (broad SMARTS) is 1. The average molecular weight is 293 g/mol. The van der Waals surface area contributed by atoms with Crippen LogP contribution >= 0.6 is 0 Å². The number of carbonyl (C=O) groups is 2. The molecule has 1 atom stereocenters. The Labute approximate surface area is 116 Å². The smallest absolute Gasteiger partial charge is 0.410 e. The molecule has 1 fully saturated rings. The maximum absolute atomic E-state index is 13.2. The minimum Gasteiger partial charge on any atom is -0.481 e. The second-order valence-electron chi connectivity index (χ2n) is 6.48. The van der Waals surface area contributed by atoms with E-state index in [0.717, 1.165) is 0 Å². The van der Waals surface area contributed by atoms with Crippen LogP contribution in [0.2, 0.25) is 0 Å². The molecule has 1 aliphatic heterocycles. The predicted octanol–water partition coefficient (Wildman–Crippen LogP) is 2.74. The van der Waals surface area contributed by atoms with Crippen LogP contribution in [0.5, 0.6) is 0 Å². The maximum Gasteiger partial charge on any atom is 0.410 e. The summed E-state index contributed by atoms with van der Waals surface area (Å²) in [4.78, 5) is 24.4. The Balaban J connectivity index is 2.81. The monoisotopic (exact) mass is 293 g/mol. The third-order valence-electron chi connectivity index (χ3n) is 3.11. The standard InChI is InChI=1S/C13H21F2NO4/c1-11(2,3)20-10(19)16-6-5-13(8-16,9(17)18)7-12(4,14)15/h5-8H2,1-4H3,(H,17,18). The van der Waals surface area contributed by atoms with Gasteiger partial charge in [-0.2, -0.15) is 0 Å². The van der Waals surface area contributed by atoms with Crippen LogP contribution in [0.15, 0.2) is 0 Å². The SMILES string of the molecule is CC(F)(F)CC1(C(=O)O)CCN(C(=O)OC(C)(C)C)C1. The second kappa shape index (κ2) is 5.18. The maximum atomic E-state index is 13.2. The summed E-state index contributed by atoms with van der Waals surface area (Å²) < 4.78 is 31.5. The van der Waals surface area contributed by atoms with Crippen molar-refractivity contribution >= 4 is 12.1 Å². The van der Waals surface area contributed by atoms with Crippen molar-refractivity contribution in [3.05, 3.63) is 0 Å². The Morgan fingerprint density at radius 3 is 2.25 bits per heavy atom. The lowest BCUT2D eigenvalue weighted by Crippen LogP contribution is -2.41. The van der Waals surface area contributed by atoms with Crippen LogP contribution < -0.4 is 0 Å². The number of carboxylic acids is 1. The van der Waals surface area contributed by atoms with Gasteiger partial charge in [0.2, 0.25) is 5.92 Å². The molecule has 1 aliphatic rings. The summed E-state index contributed by atoms with van der Waals surface area (Å²) in [5, 5.41) is 9.25. The molecule has 20 heavy (non-hydrogen) atoms. The summed E-state index contributed by atoms with van der Waals surface area (Å²) >= 11 is 0. The highest BCUT2D eigenvalue weighted by molar-refractivity contribution is 5.78. The van der Waals surface area contributed by atoms with Gasteiger partial charge in [0.05, 0.1) is 5.41 Å². The van der Waals surface area contributed by atoms with Gasteiger partial charge in [-0.05, 0) is 34.1 Å². The Kier molecular flexibility index (Phi) is 4.31. The molecule has 1 N–H and O–H groups in total. The van der Waals surface area contributed by atoms with E-state index in [1.807, 2.05) is 0 Å². The summed E-state index contributed by atoms with van der Waals surface area (Å²) in [6.07, 6.45) is -1.44. The van der Waals surface area contributed by atoms with Crippen LogP contribution in [-0.2, 0) is 9.53 Å². The molecule has 0 aliphatic carbocycles. The van der Waals surface area contributed by atoms with Crippen molar-refractivity contribution in [1.82, 2.24) is 4.90 Å². The zero-order chi connectivity index (χ0) is 15.8. The Morgan fingerprint density at radius 1 is 1.30 bits per heavy atom. The topological polar surface area (TPSA) is 66.8 Å². The van der Waals surface area contributed by atoms with Crippen molar-refractivity contribution in [3.63, 3.8) is 0 Å². The van der Waals surface area contributed by atoms with Gasteiger partial charge in [-0.1, -0.05) is 0 Å². The van der Waals surface area contributed by atoms with Crippen LogP contribution in [0.3, 0.4) is 0 Å². The number of amides is 1. The van der Waals surface area contributed by atoms with E-state index in [1.54, 1.807) is 20.8 Å². The van der Waals surface area contributed by atoms with E-state index < -0.39 is 35.4 Å². The fourth-order valence-corrected chi connectivity index (χ4v) is 2.34. The first-order valence-corrected chi connectivity index (χ1v) is 6.44. The third-order valence-corrected chi connectivity index (χ3v) is 3.11. The molecule has 116 valence electrons. The quantitative estimate of drug-likeness (QED) is 0.869. The Bertz CT molecular complexity index is 400. The lowest BCUT2D eigenvalue weighted by atomic mass is 9.81. The molecule has 0 aromatic carbocycles. The predicted molar refractivity (Wildman–Crippen MR) is 67.7 cm³/mol. The van der Waals surface area contributed by atoms with Gasteiger partial charge in [0.1, 0.15) is 5.60 Å². The van der Waals surface area contributed by atoms with Crippen molar-refractivity contribution in [2.75, 3.05) is 13.1 Å². The van der Waals surface area contributed by atoms with E-state index in [1.165, 1.54) is 4.90 Å². The number of halogens is 2. The molecule has 0 spiro atoms. The molecule has 0 radical (unpaired) electrons. The first-order valence-electron chi connectivity index (χ1n) is 6.44. The fraction of sp³-hybridized carbons (Fsp3) is 0.846. The number of hydrogen-bond donors (Lipinski definition) is 1. The van der Waals surface area contributed by atoms with E-state index in [0.29, 0.717) is 6.92 Å². The average Bonchev–Trinajstić information content (AvgIpc) is 2.57. The number of rotatable bonds is 3. The minimum atomic E-state index is -3.09. The molecular formula is C13H21F2NO4. The molecule has 5 nitrogen and oxygen atoms in total. The summed E-state index contributed by atoms with van der Waals surface area (Å²) in [5.41, 5.74) is -2.31. The number of nitrogens with zero attached hydrogens (tertiary/aromatic N) is 1. The number of aliphatic carboxylic acids is 1. The molecule has 1 saturated heterocycles. The van der Waals surface area contributed by atoms with Gasteiger partial charge in [0, 0.05) is 19.5 Å². The van der Waals surface area contributed by atoms with Gasteiger partial charge in [-0.3, -0.25) is 4.79 Å². The van der Waals surface area contributed by atoms with E-state index >= 15 is 0 Å². The van der Waals surface area contributed by atoms with Crippen LogP contribution in [0, 0.1) is 5.41 Å². The molecule has 1 unspecified atom stereocenters. The molecular weight excluding hydrogens is 272 g/mol. The highest BCUT2D eigenvalue weighted by atomic mass is 19.3. The highest BCUT2D eigenvalue weighted by Crippen LogP contribution is 2.40. The summed E-state index contributed by atoms with van der Waals surface area (Å²) in [5.74, 6) is -4.40. The van der Waals surface area contributed by atoms with Crippen LogP contribution in [0.4, 0.5) is 13.6 Å². The van der Waals surface area contributed by atoms with Gasteiger partial charge in [0.25, 0.3) is 0 Å². The lowest BCUT2D eigenvalue weighted by molar-refractivity contribution is -0.153.